The average molecular weight is 362 g/mol. The minimum Gasteiger partial charge on any atom is -0.352 e. The molecule has 0 spiro atoms. The van der Waals surface area contributed by atoms with Crippen molar-refractivity contribution in [2.24, 2.45) is 0 Å². The van der Waals surface area contributed by atoms with E-state index in [-0.39, 0.29) is 0 Å². The molecule has 3 aromatic rings. The van der Waals surface area contributed by atoms with Gasteiger partial charge in [0.15, 0.2) is 0 Å². The number of nitrogens with zero attached hydrogens (tertiary/aromatic N) is 3. The lowest BCUT2D eigenvalue weighted by atomic mass is 10.2. The first-order valence-electron chi connectivity index (χ1n) is 9.62. The van der Waals surface area contributed by atoms with Crippen LogP contribution in [0.15, 0.2) is 54.9 Å². The number of hydrogen-bond donors (Lipinski definition) is 3. The fourth-order valence-corrected chi connectivity index (χ4v) is 3.66. The van der Waals surface area contributed by atoms with Crippen LogP contribution in [0.1, 0.15) is 25.5 Å². The lowest BCUT2D eigenvalue weighted by Gasteiger charge is -2.30. The van der Waals surface area contributed by atoms with Gasteiger partial charge in [0.05, 0.1) is 17.6 Å². The maximum atomic E-state index is 8.72. The molecule has 1 aliphatic heterocycles. The first-order valence-corrected chi connectivity index (χ1v) is 9.62. The van der Waals surface area contributed by atoms with E-state index in [1.54, 1.807) is 0 Å². The summed E-state index contributed by atoms with van der Waals surface area (Å²) in [5.41, 5.74) is 3.89. The van der Waals surface area contributed by atoms with Crippen LogP contribution in [0, 0.1) is 5.41 Å². The molecular formula is C21H26N6. The molecule has 3 N–H and O–H groups in total. The lowest BCUT2D eigenvalue weighted by Crippen LogP contribution is -2.42. The van der Waals surface area contributed by atoms with Crippen LogP contribution in [0.3, 0.4) is 0 Å². The van der Waals surface area contributed by atoms with E-state index in [9.17, 15) is 0 Å². The molecule has 4 rings (SSSR count). The SMILES string of the molecule is CCCN(C(=N)c1ccc(-c2cnn(-c3ccccc3)c2)[nH]1)C1CCNC1. The van der Waals surface area contributed by atoms with Gasteiger partial charge in [0, 0.05) is 36.6 Å². The van der Waals surface area contributed by atoms with Crippen molar-refractivity contribution < 1.29 is 0 Å². The van der Waals surface area contributed by atoms with E-state index < -0.39 is 0 Å². The highest BCUT2D eigenvalue weighted by molar-refractivity contribution is 5.95. The lowest BCUT2D eigenvalue weighted by molar-refractivity contribution is 0.327. The summed E-state index contributed by atoms with van der Waals surface area (Å²) >= 11 is 0. The Kier molecular flexibility index (Phi) is 5.07. The number of amidine groups is 1. The number of para-hydroxylation sites is 1. The van der Waals surface area contributed by atoms with Crippen molar-refractivity contribution in [3.8, 4) is 16.9 Å². The third-order valence-electron chi connectivity index (χ3n) is 5.08. The smallest absolute Gasteiger partial charge is 0.145 e. The van der Waals surface area contributed by atoms with Crippen molar-refractivity contribution in [1.29, 1.82) is 5.41 Å². The fraction of sp³-hybridized carbons (Fsp3) is 0.333. The molecule has 1 saturated heterocycles. The Morgan fingerprint density at radius 3 is 2.85 bits per heavy atom. The maximum Gasteiger partial charge on any atom is 0.145 e. The number of hydrogen-bond acceptors (Lipinski definition) is 3. The molecule has 1 aliphatic rings. The van der Waals surface area contributed by atoms with Gasteiger partial charge in [0.25, 0.3) is 0 Å². The third-order valence-corrected chi connectivity index (χ3v) is 5.08. The average Bonchev–Trinajstić information content (AvgIpc) is 3.47. The van der Waals surface area contributed by atoms with E-state index in [1.807, 2.05) is 59.5 Å². The van der Waals surface area contributed by atoms with Crippen molar-refractivity contribution in [2.75, 3.05) is 19.6 Å². The Labute approximate surface area is 159 Å². The number of rotatable bonds is 6. The van der Waals surface area contributed by atoms with Crippen LogP contribution >= 0.6 is 0 Å². The summed E-state index contributed by atoms with van der Waals surface area (Å²) in [7, 11) is 0. The Morgan fingerprint density at radius 2 is 2.11 bits per heavy atom. The van der Waals surface area contributed by atoms with Gasteiger partial charge in [0.1, 0.15) is 5.84 Å². The number of H-pyrrole nitrogens is 1. The molecule has 1 aromatic carbocycles. The predicted octanol–water partition coefficient (Wildman–Crippen LogP) is 3.27. The molecule has 1 fully saturated rings. The molecule has 1 unspecified atom stereocenters. The molecule has 0 amide bonds. The number of benzene rings is 1. The van der Waals surface area contributed by atoms with E-state index in [4.69, 9.17) is 5.41 Å². The quantitative estimate of drug-likeness (QED) is 0.465. The van der Waals surface area contributed by atoms with E-state index in [2.05, 4.69) is 27.2 Å². The van der Waals surface area contributed by atoms with Gasteiger partial charge in [-0.2, -0.15) is 5.10 Å². The second kappa shape index (κ2) is 7.80. The number of aromatic nitrogens is 3. The normalized spacial score (nSPS) is 16.6. The maximum absolute atomic E-state index is 8.72. The zero-order chi connectivity index (χ0) is 18.6. The first kappa shape index (κ1) is 17.5. The summed E-state index contributed by atoms with van der Waals surface area (Å²) < 4.78 is 1.87. The Balaban J connectivity index is 1.54. The van der Waals surface area contributed by atoms with Gasteiger partial charge in [-0.05, 0) is 43.7 Å². The van der Waals surface area contributed by atoms with Crippen LogP contribution in [0.5, 0.6) is 0 Å². The molecule has 0 bridgehead atoms. The van der Waals surface area contributed by atoms with Gasteiger partial charge in [-0.1, -0.05) is 25.1 Å². The summed E-state index contributed by atoms with van der Waals surface area (Å²) in [5.74, 6) is 0.576. The summed E-state index contributed by atoms with van der Waals surface area (Å²) in [5, 5.41) is 16.6. The summed E-state index contributed by atoms with van der Waals surface area (Å²) in [4.78, 5) is 5.64. The van der Waals surface area contributed by atoms with Gasteiger partial charge in [-0.15, -0.1) is 0 Å². The first-order chi connectivity index (χ1) is 13.3. The number of nitrogens with one attached hydrogen (secondary N) is 3. The summed E-state index contributed by atoms with van der Waals surface area (Å²) in [6.45, 7) is 5.07. The summed E-state index contributed by atoms with van der Waals surface area (Å²) in [6, 6.07) is 14.5. The van der Waals surface area contributed by atoms with E-state index in [0.29, 0.717) is 11.9 Å². The van der Waals surface area contributed by atoms with Crippen LogP contribution in [-0.4, -0.2) is 51.2 Å². The molecule has 6 heteroatoms. The second-order valence-corrected chi connectivity index (χ2v) is 6.98. The third kappa shape index (κ3) is 3.66. The largest absolute Gasteiger partial charge is 0.352 e. The molecule has 0 saturated carbocycles. The Hall–Kier alpha value is -2.86. The molecule has 6 nitrogen and oxygen atoms in total. The standard InChI is InChI=1S/C21H26N6/c1-2-12-26(18-10-11-23-14-18)21(22)20-9-8-19(25-20)16-13-24-27(15-16)17-6-4-3-5-7-17/h3-9,13,15,18,22-23,25H,2,10-12,14H2,1H3. The van der Waals surface area contributed by atoms with E-state index in [0.717, 1.165) is 55.1 Å². The molecule has 3 heterocycles. The summed E-state index contributed by atoms with van der Waals surface area (Å²) in [6.07, 6.45) is 6.01. The van der Waals surface area contributed by atoms with Crippen LogP contribution in [0.4, 0.5) is 0 Å². The zero-order valence-electron chi connectivity index (χ0n) is 15.7. The van der Waals surface area contributed by atoms with Crippen molar-refractivity contribution in [3.63, 3.8) is 0 Å². The topological polar surface area (TPSA) is 72.7 Å². The minimum absolute atomic E-state index is 0.407. The molecule has 0 aliphatic carbocycles. The highest BCUT2D eigenvalue weighted by Crippen LogP contribution is 2.21. The van der Waals surface area contributed by atoms with E-state index in [1.165, 1.54) is 0 Å². The molecule has 27 heavy (non-hydrogen) atoms. The predicted molar refractivity (Wildman–Crippen MR) is 108 cm³/mol. The molecular weight excluding hydrogens is 336 g/mol. The Bertz CT molecular complexity index is 888. The zero-order valence-corrected chi connectivity index (χ0v) is 15.7. The van der Waals surface area contributed by atoms with Crippen LogP contribution in [0.25, 0.3) is 16.9 Å². The minimum atomic E-state index is 0.407. The van der Waals surface area contributed by atoms with Crippen molar-refractivity contribution in [3.05, 3.63) is 60.6 Å². The second-order valence-electron chi connectivity index (χ2n) is 6.98. The van der Waals surface area contributed by atoms with Gasteiger partial charge in [0.2, 0.25) is 0 Å². The van der Waals surface area contributed by atoms with Crippen molar-refractivity contribution in [2.45, 2.75) is 25.8 Å². The highest BCUT2D eigenvalue weighted by atomic mass is 15.3. The van der Waals surface area contributed by atoms with Gasteiger partial charge < -0.3 is 15.2 Å². The van der Waals surface area contributed by atoms with Crippen LogP contribution in [0.2, 0.25) is 0 Å². The van der Waals surface area contributed by atoms with E-state index >= 15 is 0 Å². The number of aromatic amines is 1. The van der Waals surface area contributed by atoms with Gasteiger partial charge >= 0.3 is 0 Å². The molecule has 2 aromatic heterocycles. The van der Waals surface area contributed by atoms with Crippen LogP contribution in [-0.2, 0) is 0 Å². The van der Waals surface area contributed by atoms with Gasteiger partial charge in [-0.25, -0.2) is 4.68 Å². The van der Waals surface area contributed by atoms with Gasteiger partial charge in [-0.3, -0.25) is 5.41 Å². The molecule has 0 radical (unpaired) electrons. The monoisotopic (exact) mass is 362 g/mol. The van der Waals surface area contributed by atoms with Crippen molar-refractivity contribution in [1.82, 2.24) is 25.0 Å². The van der Waals surface area contributed by atoms with Crippen LogP contribution < -0.4 is 5.32 Å². The highest BCUT2D eigenvalue weighted by Gasteiger charge is 2.25. The van der Waals surface area contributed by atoms with Crippen molar-refractivity contribution >= 4 is 5.84 Å². The fourth-order valence-electron chi connectivity index (χ4n) is 3.66. The molecule has 140 valence electrons. The Morgan fingerprint density at radius 1 is 1.26 bits per heavy atom. The molecule has 1 atom stereocenters.